The second kappa shape index (κ2) is 8.77. The Hall–Kier alpha value is -2.03. The second-order valence-corrected chi connectivity index (χ2v) is 7.27. The van der Waals surface area contributed by atoms with Crippen molar-refractivity contribution in [2.24, 2.45) is 5.84 Å². The number of anilines is 1. The molecule has 0 saturated carbocycles. The van der Waals surface area contributed by atoms with Crippen molar-refractivity contribution in [3.05, 3.63) is 29.6 Å². The molecule has 0 bridgehead atoms. The van der Waals surface area contributed by atoms with E-state index < -0.39 is 5.92 Å². The molecule has 8 heteroatoms. The van der Waals surface area contributed by atoms with Gasteiger partial charge < -0.3 is 4.90 Å². The highest BCUT2D eigenvalue weighted by molar-refractivity contribution is 6.00. The first-order valence-electron chi connectivity index (χ1n) is 9.58. The summed E-state index contributed by atoms with van der Waals surface area (Å²) in [5.74, 6) is 4.57. The second-order valence-electron chi connectivity index (χ2n) is 7.27. The predicted molar refractivity (Wildman–Crippen MR) is 101 cm³/mol. The lowest BCUT2D eigenvalue weighted by molar-refractivity contribution is -0.134. The standard InChI is InChI=1S/C19H28FN5O2/c1-2-7-25(21)13-23-8-10-24(11-9-23)17-5-3-14(12-16(17)20)15-4-6-18(26)22-19(15)27/h3,5,12,15H,2,4,6-11,13,21H2,1H3,(H,22,26,27). The molecule has 3 rings (SSSR count). The molecule has 0 spiro atoms. The van der Waals surface area contributed by atoms with Crippen LogP contribution in [0.25, 0.3) is 0 Å². The van der Waals surface area contributed by atoms with Gasteiger partial charge in [-0.05, 0) is 30.5 Å². The molecule has 2 fully saturated rings. The molecule has 1 unspecified atom stereocenters. The lowest BCUT2D eigenvalue weighted by Gasteiger charge is -2.37. The number of amides is 2. The summed E-state index contributed by atoms with van der Waals surface area (Å²) < 4.78 is 14.7. The number of piperazine rings is 1. The average molecular weight is 377 g/mol. The van der Waals surface area contributed by atoms with Gasteiger partial charge >= 0.3 is 0 Å². The van der Waals surface area contributed by atoms with Gasteiger partial charge in [-0.1, -0.05) is 13.0 Å². The number of imide groups is 1. The molecule has 0 radical (unpaired) electrons. The van der Waals surface area contributed by atoms with Crippen LogP contribution in [0.2, 0.25) is 0 Å². The van der Waals surface area contributed by atoms with E-state index in [1.165, 1.54) is 6.07 Å². The molecule has 3 N–H and O–H groups in total. The van der Waals surface area contributed by atoms with Crippen molar-refractivity contribution in [1.29, 1.82) is 0 Å². The van der Waals surface area contributed by atoms with Crippen LogP contribution < -0.4 is 16.1 Å². The molecule has 2 aliphatic rings. The van der Waals surface area contributed by atoms with E-state index in [-0.39, 0.29) is 24.1 Å². The predicted octanol–water partition coefficient (Wildman–Crippen LogP) is 1.01. The maximum Gasteiger partial charge on any atom is 0.234 e. The fraction of sp³-hybridized carbons (Fsp3) is 0.579. The Labute approximate surface area is 159 Å². The van der Waals surface area contributed by atoms with Crippen LogP contribution >= 0.6 is 0 Å². The molecule has 27 heavy (non-hydrogen) atoms. The number of hydrogen-bond donors (Lipinski definition) is 2. The van der Waals surface area contributed by atoms with Gasteiger partial charge in [-0.15, -0.1) is 0 Å². The molecule has 1 atom stereocenters. The Bertz CT molecular complexity index is 691. The number of benzene rings is 1. The van der Waals surface area contributed by atoms with Crippen LogP contribution in [-0.4, -0.2) is 61.1 Å². The lowest BCUT2D eigenvalue weighted by Crippen LogP contribution is -2.51. The third kappa shape index (κ3) is 4.82. The SMILES string of the molecule is CCCN(N)CN1CCN(c2ccc(C3CCC(=O)NC3=O)cc2F)CC1. The molecule has 0 aliphatic carbocycles. The molecule has 148 valence electrons. The fourth-order valence-corrected chi connectivity index (χ4v) is 3.75. The van der Waals surface area contributed by atoms with E-state index in [1.54, 1.807) is 12.1 Å². The van der Waals surface area contributed by atoms with Crippen molar-refractivity contribution in [1.82, 2.24) is 15.2 Å². The van der Waals surface area contributed by atoms with Gasteiger partial charge in [0.05, 0.1) is 18.3 Å². The molecule has 1 aromatic carbocycles. The summed E-state index contributed by atoms with van der Waals surface area (Å²) >= 11 is 0. The van der Waals surface area contributed by atoms with Gasteiger partial charge in [-0.25, -0.2) is 9.40 Å². The van der Waals surface area contributed by atoms with Gasteiger partial charge in [0.2, 0.25) is 11.8 Å². The van der Waals surface area contributed by atoms with Gasteiger partial charge in [0, 0.05) is 39.1 Å². The molecule has 2 saturated heterocycles. The molecular formula is C19H28FN5O2. The quantitative estimate of drug-likeness (QED) is 0.438. The topological polar surface area (TPSA) is 81.9 Å². The maximum atomic E-state index is 14.7. The van der Waals surface area contributed by atoms with E-state index in [4.69, 9.17) is 5.84 Å². The Morgan fingerprint density at radius 2 is 2.00 bits per heavy atom. The highest BCUT2D eigenvalue weighted by Gasteiger charge is 2.29. The van der Waals surface area contributed by atoms with Crippen molar-refractivity contribution in [3.63, 3.8) is 0 Å². The minimum absolute atomic E-state index is 0.263. The zero-order valence-corrected chi connectivity index (χ0v) is 15.8. The minimum atomic E-state index is -0.461. The number of rotatable bonds is 6. The average Bonchev–Trinajstić information content (AvgIpc) is 2.63. The van der Waals surface area contributed by atoms with E-state index in [0.717, 1.165) is 45.8 Å². The Kier molecular flexibility index (Phi) is 6.41. The first-order chi connectivity index (χ1) is 13.0. The fourth-order valence-electron chi connectivity index (χ4n) is 3.75. The number of hydrogen-bond acceptors (Lipinski definition) is 6. The summed E-state index contributed by atoms with van der Waals surface area (Å²) in [5, 5.41) is 4.13. The molecule has 7 nitrogen and oxygen atoms in total. The molecule has 2 amide bonds. The monoisotopic (exact) mass is 377 g/mol. The summed E-state index contributed by atoms with van der Waals surface area (Å²) in [7, 11) is 0. The van der Waals surface area contributed by atoms with Crippen molar-refractivity contribution < 1.29 is 14.0 Å². The van der Waals surface area contributed by atoms with Crippen LogP contribution in [0.4, 0.5) is 10.1 Å². The van der Waals surface area contributed by atoms with Crippen LogP contribution in [0.5, 0.6) is 0 Å². The third-order valence-corrected chi connectivity index (χ3v) is 5.22. The van der Waals surface area contributed by atoms with Crippen LogP contribution in [0.15, 0.2) is 18.2 Å². The molecule has 0 aromatic heterocycles. The number of carbonyl (C=O) groups excluding carboxylic acids is 2. The highest BCUT2D eigenvalue weighted by Crippen LogP contribution is 2.29. The Morgan fingerprint density at radius 3 is 2.63 bits per heavy atom. The number of carbonyl (C=O) groups is 2. The van der Waals surface area contributed by atoms with Crippen LogP contribution in [0.3, 0.4) is 0 Å². The Balaban J connectivity index is 1.60. The van der Waals surface area contributed by atoms with Gasteiger partial charge in [0.1, 0.15) is 5.82 Å². The van der Waals surface area contributed by atoms with E-state index >= 15 is 0 Å². The highest BCUT2D eigenvalue weighted by atomic mass is 19.1. The number of hydrazine groups is 1. The van der Waals surface area contributed by atoms with Gasteiger partial charge in [0.15, 0.2) is 0 Å². The third-order valence-electron chi connectivity index (χ3n) is 5.22. The molecule has 2 heterocycles. The van der Waals surface area contributed by atoms with Crippen LogP contribution in [0.1, 0.15) is 37.7 Å². The van der Waals surface area contributed by atoms with Crippen molar-refractivity contribution in [2.75, 3.05) is 44.3 Å². The van der Waals surface area contributed by atoms with Crippen molar-refractivity contribution >= 4 is 17.5 Å². The number of piperidine rings is 1. The number of nitrogens with two attached hydrogens (primary N) is 1. The largest absolute Gasteiger partial charge is 0.367 e. The Morgan fingerprint density at radius 1 is 1.26 bits per heavy atom. The zero-order chi connectivity index (χ0) is 19.4. The first-order valence-corrected chi connectivity index (χ1v) is 9.58. The van der Waals surface area contributed by atoms with Crippen LogP contribution in [0, 0.1) is 5.82 Å². The summed E-state index contributed by atoms with van der Waals surface area (Å²) in [5.41, 5.74) is 1.18. The van der Waals surface area contributed by atoms with Gasteiger partial charge in [0.25, 0.3) is 0 Å². The summed E-state index contributed by atoms with van der Waals surface area (Å²) in [4.78, 5) is 27.6. The van der Waals surface area contributed by atoms with Gasteiger partial charge in [-0.2, -0.15) is 0 Å². The minimum Gasteiger partial charge on any atom is -0.367 e. The maximum absolute atomic E-state index is 14.7. The van der Waals surface area contributed by atoms with E-state index in [1.807, 2.05) is 9.91 Å². The number of nitrogens with one attached hydrogen (secondary N) is 1. The first kappa shape index (κ1) is 19.7. The number of halogens is 1. The molecular weight excluding hydrogens is 349 g/mol. The van der Waals surface area contributed by atoms with Crippen molar-refractivity contribution in [2.45, 2.75) is 32.1 Å². The number of nitrogens with zero attached hydrogens (tertiary/aromatic N) is 3. The summed E-state index contributed by atoms with van der Waals surface area (Å²) in [6.45, 7) is 6.79. The van der Waals surface area contributed by atoms with Crippen molar-refractivity contribution in [3.8, 4) is 0 Å². The van der Waals surface area contributed by atoms with Gasteiger partial charge in [-0.3, -0.25) is 25.6 Å². The summed E-state index contributed by atoms with van der Waals surface area (Å²) in [6.07, 6.45) is 1.73. The lowest BCUT2D eigenvalue weighted by atomic mass is 9.90. The smallest absolute Gasteiger partial charge is 0.234 e. The van der Waals surface area contributed by atoms with E-state index in [0.29, 0.717) is 17.7 Å². The van der Waals surface area contributed by atoms with E-state index in [2.05, 4.69) is 17.1 Å². The molecule has 2 aliphatic heterocycles. The zero-order valence-electron chi connectivity index (χ0n) is 15.8. The summed E-state index contributed by atoms with van der Waals surface area (Å²) in [6, 6.07) is 4.98. The normalized spacial score (nSPS) is 21.6. The molecule has 1 aromatic rings. The van der Waals surface area contributed by atoms with E-state index in [9.17, 15) is 14.0 Å². The van der Waals surface area contributed by atoms with Crippen LogP contribution in [-0.2, 0) is 9.59 Å².